The highest BCUT2D eigenvalue weighted by molar-refractivity contribution is 6.51. The lowest BCUT2D eigenvalue weighted by Gasteiger charge is -2.30. The number of piperidine rings is 1. The summed E-state index contributed by atoms with van der Waals surface area (Å²) in [4.78, 5) is 35.1. The van der Waals surface area contributed by atoms with Gasteiger partial charge in [-0.1, -0.05) is 13.0 Å². The van der Waals surface area contributed by atoms with E-state index in [0.29, 0.717) is 23.6 Å². The lowest BCUT2D eigenvalue weighted by Crippen LogP contribution is -2.31. The van der Waals surface area contributed by atoms with E-state index >= 15 is 0 Å². The van der Waals surface area contributed by atoms with Crippen molar-refractivity contribution in [3.05, 3.63) is 89.3 Å². The first-order valence-electron chi connectivity index (χ1n) is 13.3. The van der Waals surface area contributed by atoms with Crippen molar-refractivity contribution in [2.24, 2.45) is 0 Å². The summed E-state index contributed by atoms with van der Waals surface area (Å²) >= 11 is 0. The molecule has 5 rings (SSSR count). The van der Waals surface area contributed by atoms with Crippen molar-refractivity contribution in [2.75, 3.05) is 29.5 Å². The Hall–Kier alpha value is -4.13. The Balaban J connectivity index is 1.56. The third kappa shape index (κ3) is 4.88. The fourth-order valence-electron chi connectivity index (χ4n) is 5.22. The number of aromatic nitrogens is 1. The summed E-state index contributed by atoms with van der Waals surface area (Å²) in [7, 11) is 0. The average Bonchev–Trinajstić information content (AvgIpc) is 3.23. The molecule has 7 heteroatoms. The van der Waals surface area contributed by atoms with Gasteiger partial charge in [-0.25, -0.2) is 0 Å². The van der Waals surface area contributed by atoms with E-state index in [9.17, 15) is 14.7 Å². The molecule has 2 saturated heterocycles. The molecule has 2 fully saturated rings. The zero-order valence-corrected chi connectivity index (χ0v) is 21.9. The minimum atomic E-state index is -0.853. The van der Waals surface area contributed by atoms with E-state index in [4.69, 9.17) is 4.74 Å². The molecule has 1 N–H and O–H groups in total. The molecule has 0 radical (unpaired) electrons. The van der Waals surface area contributed by atoms with E-state index in [2.05, 4.69) is 9.88 Å². The lowest BCUT2D eigenvalue weighted by atomic mass is 9.97. The molecule has 3 aromatic rings. The number of rotatable bonds is 7. The van der Waals surface area contributed by atoms with Gasteiger partial charge < -0.3 is 14.7 Å². The molecular weight excluding hydrogens is 478 g/mol. The molecule has 2 aliphatic heterocycles. The summed E-state index contributed by atoms with van der Waals surface area (Å²) < 4.78 is 5.76. The van der Waals surface area contributed by atoms with E-state index < -0.39 is 17.7 Å². The van der Waals surface area contributed by atoms with Gasteiger partial charge in [0, 0.05) is 36.2 Å². The van der Waals surface area contributed by atoms with Crippen LogP contribution in [0, 0.1) is 6.92 Å². The van der Waals surface area contributed by atoms with Crippen LogP contribution in [0.4, 0.5) is 11.4 Å². The number of Topliss-reactive ketones (excluding diaryl/α,β-unsaturated/α-hetero) is 1. The second-order valence-corrected chi connectivity index (χ2v) is 9.82. The second kappa shape index (κ2) is 11.1. The van der Waals surface area contributed by atoms with E-state index in [1.54, 1.807) is 36.5 Å². The zero-order chi connectivity index (χ0) is 26.6. The molecule has 1 aromatic heterocycles. The van der Waals surface area contributed by atoms with Crippen LogP contribution < -0.4 is 14.5 Å². The third-order valence-corrected chi connectivity index (χ3v) is 7.17. The Morgan fingerprint density at radius 3 is 2.39 bits per heavy atom. The molecule has 0 bridgehead atoms. The minimum Gasteiger partial charge on any atom is -0.507 e. The normalized spacial score (nSPS) is 19.2. The van der Waals surface area contributed by atoms with Gasteiger partial charge in [0.25, 0.3) is 11.7 Å². The molecular formula is C31H33N3O4. The quantitative estimate of drug-likeness (QED) is 0.245. The highest BCUT2D eigenvalue weighted by Gasteiger charge is 2.47. The Kier molecular flexibility index (Phi) is 7.45. The number of aliphatic hydroxyl groups excluding tert-OH is 1. The number of pyridine rings is 1. The SMILES string of the molecule is CCCOc1ccc(/C(O)=C2/C(=O)C(=O)N(c3ccc(N4CCCCC4)cc3)C2c2ccccn2)cc1C. The summed E-state index contributed by atoms with van der Waals surface area (Å²) in [5, 5.41) is 11.4. The van der Waals surface area contributed by atoms with Crippen molar-refractivity contribution in [3.63, 3.8) is 0 Å². The van der Waals surface area contributed by atoms with Crippen LogP contribution in [0.3, 0.4) is 0 Å². The molecule has 1 unspecified atom stereocenters. The molecule has 196 valence electrons. The number of hydrogen-bond donors (Lipinski definition) is 1. The number of anilines is 2. The van der Waals surface area contributed by atoms with Gasteiger partial charge in [-0.2, -0.15) is 0 Å². The summed E-state index contributed by atoms with van der Waals surface area (Å²) in [6, 6.07) is 17.5. The van der Waals surface area contributed by atoms with Crippen molar-refractivity contribution >= 4 is 28.8 Å². The van der Waals surface area contributed by atoms with Crippen LogP contribution in [0.2, 0.25) is 0 Å². The predicted molar refractivity (Wildman–Crippen MR) is 148 cm³/mol. The average molecular weight is 512 g/mol. The number of nitrogens with zero attached hydrogens (tertiary/aromatic N) is 3. The smallest absolute Gasteiger partial charge is 0.300 e. The van der Waals surface area contributed by atoms with E-state index in [1.807, 2.05) is 44.2 Å². The monoisotopic (exact) mass is 511 g/mol. The van der Waals surface area contributed by atoms with E-state index in [0.717, 1.165) is 36.5 Å². The van der Waals surface area contributed by atoms with E-state index in [-0.39, 0.29) is 11.3 Å². The molecule has 38 heavy (non-hydrogen) atoms. The van der Waals surface area contributed by atoms with Crippen LogP contribution in [-0.4, -0.2) is 41.5 Å². The maximum atomic E-state index is 13.4. The van der Waals surface area contributed by atoms with Gasteiger partial charge in [0.05, 0.1) is 17.9 Å². The fraction of sp³-hybridized carbons (Fsp3) is 0.323. The lowest BCUT2D eigenvalue weighted by molar-refractivity contribution is -0.132. The van der Waals surface area contributed by atoms with E-state index in [1.165, 1.54) is 24.2 Å². The number of carbonyl (C=O) groups is 2. The Morgan fingerprint density at radius 1 is 1.00 bits per heavy atom. The third-order valence-electron chi connectivity index (χ3n) is 7.17. The predicted octanol–water partition coefficient (Wildman–Crippen LogP) is 5.80. The summed E-state index contributed by atoms with van der Waals surface area (Å²) in [6.45, 7) is 6.54. The molecule has 2 aliphatic rings. The molecule has 7 nitrogen and oxygen atoms in total. The second-order valence-electron chi connectivity index (χ2n) is 9.82. The fourth-order valence-corrected chi connectivity index (χ4v) is 5.22. The molecule has 0 saturated carbocycles. The van der Waals surface area contributed by atoms with Gasteiger partial charge in [0.15, 0.2) is 0 Å². The standard InChI is InChI=1S/C31H33N3O4/c1-3-19-38-26-15-10-22(20-21(26)2)29(35)27-28(25-9-5-6-16-32-25)34(31(37)30(27)36)24-13-11-23(12-14-24)33-17-7-4-8-18-33/h5-6,9-16,20,28,35H,3-4,7-8,17-19H2,1-2H3/b29-27-. The Morgan fingerprint density at radius 2 is 1.74 bits per heavy atom. The molecule has 1 amide bonds. The molecule has 1 atom stereocenters. The number of benzene rings is 2. The van der Waals surface area contributed by atoms with Crippen molar-refractivity contribution in [1.29, 1.82) is 0 Å². The van der Waals surface area contributed by atoms with Crippen molar-refractivity contribution in [2.45, 2.75) is 45.6 Å². The van der Waals surface area contributed by atoms with Gasteiger partial charge in [-0.3, -0.25) is 19.5 Å². The van der Waals surface area contributed by atoms with Crippen molar-refractivity contribution in [3.8, 4) is 5.75 Å². The largest absolute Gasteiger partial charge is 0.507 e. The summed E-state index contributed by atoms with van der Waals surface area (Å²) in [5.41, 5.74) is 3.50. The minimum absolute atomic E-state index is 0.0235. The van der Waals surface area contributed by atoms with Gasteiger partial charge in [-0.05, 0) is 92.8 Å². The number of aliphatic hydroxyl groups is 1. The Labute approximate surface area is 223 Å². The van der Waals surface area contributed by atoms with Crippen LogP contribution in [-0.2, 0) is 9.59 Å². The van der Waals surface area contributed by atoms with Gasteiger partial charge in [0.1, 0.15) is 17.6 Å². The van der Waals surface area contributed by atoms with Crippen LogP contribution >= 0.6 is 0 Å². The number of aryl methyl sites for hydroxylation is 1. The molecule has 3 heterocycles. The first kappa shape index (κ1) is 25.5. The number of ketones is 1. The van der Waals surface area contributed by atoms with Gasteiger partial charge in [0.2, 0.25) is 0 Å². The highest BCUT2D eigenvalue weighted by Crippen LogP contribution is 2.42. The number of ether oxygens (including phenoxy) is 1. The van der Waals surface area contributed by atoms with Gasteiger partial charge >= 0.3 is 0 Å². The highest BCUT2D eigenvalue weighted by atomic mass is 16.5. The van der Waals surface area contributed by atoms with Gasteiger partial charge in [-0.15, -0.1) is 0 Å². The first-order chi connectivity index (χ1) is 18.5. The van der Waals surface area contributed by atoms with Crippen LogP contribution in [0.15, 0.2) is 72.4 Å². The summed E-state index contributed by atoms with van der Waals surface area (Å²) in [5.74, 6) is -0.926. The topological polar surface area (TPSA) is 83.0 Å². The molecule has 2 aromatic carbocycles. The van der Waals surface area contributed by atoms with Crippen molar-refractivity contribution < 1.29 is 19.4 Å². The maximum absolute atomic E-state index is 13.4. The maximum Gasteiger partial charge on any atom is 0.300 e. The Bertz CT molecular complexity index is 1350. The number of hydrogen-bond acceptors (Lipinski definition) is 6. The van der Waals surface area contributed by atoms with Crippen LogP contribution in [0.25, 0.3) is 5.76 Å². The number of carbonyl (C=O) groups excluding carboxylic acids is 2. The molecule has 0 aliphatic carbocycles. The van der Waals surface area contributed by atoms with Crippen LogP contribution in [0.5, 0.6) is 5.75 Å². The first-order valence-corrected chi connectivity index (χ1v) is 13.3. The van der Waals surface area contributed by atoms with Crippen molar-refractivity contribution in [1.82, 2.24) is 4.98 Å². The zero-order valence-electron chi connectivity index (χ0n) is 21.9. The van der Waals surface area contributed by atoms with Crippen LogP contribution in [0.1, 0.15) is 55.5 Å². The number of amides is 1. The summed E-state index contributed by atoms with van der Waals surface area (Å²) in [6.07, 6.45) is 6.09. The molecule has 0 spiro atoms.